The van der Waals surface area contributed by atoms with Gasteiger partial charge in [-0.2, -0.15) is 0 Å². The number of anilines is 2. The Hall–Kier alpha value is -4.05. The molecule has 0 heterocycles. The molecule has 0 aliphatic heterocycles. The lowest BCUT2D eigenvalue weighted by Gasteiger charge is -2.13. The first-order valence-corrected chi connectivity index (χ1v) is 11.9. The quantitative estimate of drug-likeness (QED) is 0.401. The van der Waals surface area contributed by atoms with Crippen molar-refractivity contribution < 1.29 is 22.7 Å². The zero-order valence-electron chi connectivity index (χ0n) is 18.8. The fraction of sp³-hybridized carbons (Fsp3) is 0.167. The number of hydrogen-bond acceptors (Lipinski definition) is 6. The van der Waals surface area contributed by atoms with Crippen molar-refractivity contribution in [3.8, 4) is 11.1 Å². The van der Waals surface area contributed by atoms with Gasteiger partial charge in [0.05, 0.1) is 10.6 Å². The number of primary amides is 1. The minimum absolute atomic E-state index is 0.0828. The highest BCUT2D eigenvalue weighted by Crippen LogP contribution is 2.25. The van der Waals surface area contributed by atoms with Gasteiger partial charge in [-0.25, -0.2) is 13.2 Å². The fourth-order valence-electron chi connectivity index (χ4n) is 3.19. The van der Waals surface area contributed by atoms with Crippen LogP contribution in [-0.2, 0) is 14.8 Å². The lowest BCUT2D eigenvalue weighted by atomic mass is 10.0. The number of amides is 2. The van der Waals surface area contributed by atoms with E-state index in [1.807, 2.05) is 6.07 Å². The summed E-state index contributed by atoms with van der Waals surface area (Å²) < 4.78 is 33.3. The van der Waals surface area contributed by atoms with E-state index >= 15 is 0 Å². The van der Waals surface area contributed by atoms with Gasteiger partial charge in [0.15, 0.2) is 0 Å². The fourth-order valence-corrected chi connectivity index (χ4v) is 4.28. The molecular weight excluding hydrogens is 456 g/mol. The van der Waals surface area contributed by atoms with E-state index in [-0.39, 0.29) is 17.4 Å². The van der Waals surface area contributed by atoms with Crippen molar-refractivity contribution in [1.29, 1.82) is 0 Å². The van der Waals surface area contributed by atoms with Crippen LogP contribution in [0.5, 0.6) is 0 Å². The molecule has 3 aromatic carbocycles. The first-order valence-electron chi connectivity index (χ1n) is 10.4. The van der Waals surface area contributed by atoms with E-state index in [2.05, 4.69) is 14.8 Å². The predicted molar refractivity (Wildman–Crippen MR) is 131 cm³/mol. The highest BCUT2D eigenvalue weighted by molar-refractivity contribution is 7.92. The van der Waals surface area contributed by atoms with E-state index in [1.54, 1.807) is 74.8 Å². The topological polar surface area (TPSA) is 131 Å². The van der Waals surface area contributed by atoms with Crippen molar-refractivity contribution in [2.45, 2.75) is 4.90 Å². The minimum Gasteiger partial charge on any atom is -0.448 e. The monoisotopic (exact) mass is 482 g/mol. The number of benzene rings is 3. The molecule has 0 bridgehead atoms. The number of hydrogen-bond donors (Lipinski definition) is 3. The number of ether oxygens (including phenoxy) is 1. The molecule has 0 aliphatic rings. The summed E-state index contributed by atoms with van der Waals surface area (Å²) in [5, 5.41) is 3.02. The van der Waals surface area contributed by atoms with Crippen LogP contribution in [0.4, 0.5) is 16.2 Å². The summed E-state index contributed by atoms with van der Waals surface area (Å²) in [5.74, 6) is -0.137. The van der Waals surface area contributed by atoms with Gasteiger partial charge in [-0.05, 0) is 53.6 Å². The minimum atomic E-state index is -3.88. The maximum absolute atomic E-state index is 13.0. The van der Waals surface area contributed by atoms with Crippen LogP contribution in [0.25, 0.3) is 11.1 Å². The molecule has 0 spiro atoms. The Labute approximate surface area is 198 Å². The van der Waals surface area contributed by atoms with Crippen molar-refractivity contribution in [2.75, 3.05) is 37.3 Å². The van der Waals surface area contributed by atoms with Crippen molar-refractivity contribution in [3.63, 3.8) is 0 Å². The van der Waals surface area contributed by atoms with E-state index in [0.29, 0.717) is 29.0 Å². The van der Waals surface area contributed by atoms with Gasteiger partial charge in [0, 0.05) is 31.9 Å². The maximum Gasteiger partial charge on any atom is 0.404 e. The molecule has 10 heteroatoms. The van der Waals surface area contributed by atoms with E-state index in [9.17, 15) is 18.0 Å². The van der Waals surface area contributed by atoms with E-state index in [0.717, 1.165) is 5.56 Å². The van der Waals surface area contributed by atoms with E-state index < -0.39 is 16.1 Å². The third kappa shape index (κ3) is 6.48. The van der Waals surface area contributed by atoms with Crippen LogP contribution in [-0.4, -0.2) is 52.6 Å². The Balaban J connectivity index is 1.78. The number of nitrogens with two attached hydrogens (primary N) is 1. The largest absolute Gasteiger partial charge is 0.448 e. The number of nitrogens with one attached hydrogen (secondary N) is 2. The lowest BCUT2D eigenvalue weighted by molar-refractivity contribution is 0.0827. The second-order valence-electron chi connectivity index (χ2n) is 7.59. The van der Waals surface area contributed by atoms with Gasteiger partial charge in [0.25, 0.3) is 15.9 Å². The Morgan fingerprint density at radius 2 is 1.56 bits per heavy atom. The van der Waals surface area contributed by atoms with Crippen LogP contribution in [0, 0.1) is 0 Å². The molecule has 0 aliphatic carbocycles. The van der Waals surface area contributed by atoms with Gasteiger partial charge in [-0.3, -0.25) is 9.52 Å². The van der Waals surface area contributed by atoms with Gasteiger partial charge in [0.1, 0.15) is 6.61 Å². The third-order valence-corrected chi connectivity index (χ3v) is 6.16. The SMILES string of the molecule is CN(C)C(=O)c1cccc(-c2cccc(S(=O)(=O)Nc3cccc(NCCOC(N)=O)c3)c2)c1. The Morgan fingerprint density at radius 3 is 2.26 bits per heavy atom. The first kappa shape index (κ1) is 24.6. The zero-order chi connectivity index (χ0) is 24.7. The molecule has 3 rings (SSSR count). The second-order valence-corrected chi connectivity index (χ2v) is 9.27. The summed E-state index contributed by atoms with van der Waals surface area (Å²) in [6.07, 6.45) is -0.860. The van der Waals surface area contributed by atoms with Crippen LogP contribution in [0.2, 0.25) is 0 Å². The maximum atomic E-state index is 13.0. The molecule has 0 fully saturated rings. The number of carbonyl (C=O) groups excluding carboxylic acids is 2. The van der Waals surface area contributed by atoms with Crippen molar-refractivity contribution in [3.05, 3.63) is 78.4 Å². The number of nitrogens with zero attached hydrogens (tertiary/aromatic N) is 1. The molecular formula is C24H26N4O5S. The summed E-state index contributed by atoms with van der Waals surface area (Å²) >= 11 is 0. The molecule has 9 nitrogen and oxygen atoms in total. The summed E-state index contributed by atoms with van der Waals surface area (Å²) in [6.45, 7) is 0.399. The van der Waals surface area contributed by atoms with E-state index in [4.69, 9.17) is 5.73 Å². The highest BCUT2D eigenvalue weighted by Gasteiger charge is 2.16. The van der Waals surface area contributed by atoms with Crippen molar-refractivity contribution in [2.24, 2.45) is 5.73 Å². The molecule has 0 saturated heterocycles. The van der Waals surface area contributed by atoms with Crippen molar-refractivity contribution >= 4 is 33.4 Å². The first-order chi connectivity index (χ1) is 16.2. The Bertz CT molecular complexity index is 1290. The van der Waals surface area contributed by atoms with Gasteiger partial charge < -0.3 is 20.7 Å². The lowest BCUT2D eigenvalue weighted by Crippen LogP contribution is -2.21. The average molecular weight is 483 g/mol. The highest BCUT2D eigenvalue weighted by atomic mass is 32.2. The molecule has 0 aromatic heterocycles. The van der Waals surface area contributed by atoms with Crippen LogP contribution < -0.4 is 15.8 Å². The molecule has 4 N–H and O–H groups in total. The second kappa shape index (κ2) is 10.7. The van der Waals surface area contributed by atoms with Crippen molar-refractivity contribution in [1.82, 2.24) is 4.90 Å². The van der Waals surface area contributed by atoms with Gasteiger partial charge >= 0.3 is 6.09 Å². The molecule has 3 aromatic rings. The van der Waals surface area contributed by atoms with Crippen LogP contribution in [0.15, 0.2) is 77.7 Å². The molecule has 0 saturated carbocycles. The van der Waals surface area contributed by atoms with Crippen LogP contribution in [0.1, 0.15) is 10.4 Å². The normalized spacial score (nSPS) is 10.9. The summed E-state index contributed by atoms with van der Waals surface area (Å²) in [6, 6.07) is 20.2. The number of carbonyl (C=O) groups is 2. The van der Waals surface area contributed by atoms with E-state index in [1.165, 1.54) is 11.0 Å². The predicted octanol–water partition coefficient (Wildman–Crippen LogP) is 3.36. The average Bonchev–Trinajstić information content (AvgIpc) is 2.81. The number of sulfonamides is 1. The molecule has 0 atom stereocenters. The number of rotatable bonds is 9. The van der Waals surface area contributed by atoms with Gasteiger partial charge in [0.2, 0.25) is 0 Å². The van der Waals surface area contributed by atoms with Gasteiger partial charge in [-0.1, -0.05) is 30.3 Å². The Kier molecular flexibility index (Phi) is 7.75. The molecule has 34 heavy (non-hydrogen) atoms. The third-order valence-electron chi connectivity index (χ3n) is 4.78. The molecule has 0 unspecified atom stereocenters. The van der Waals surface area contributed by atoms with Crippen LogP contribution >= 0.6 is 0 Å². The zero-order valence-corrected chi connectivity index (χ0v) is 19.6. The summed E-state index contributed by atoms with van der Waals surface area (Å²) in [4.78, 5) is 24.5. The molecule has 0 radical (unpaired) electrons. The van der Waals surface area contributed by atoms with Crippen LogP contribution in [0.3, 0.4) is 0 Å². The molecule has 2 amide bonds. The smallest absolute Gasteiger partial charge is 0.404 e. The summed E-state index contributed by atoms with van der Waals surface area (Å²) in [5.41, 5.74) is 7.84. The summed E-state index contributed by atoms with van der Waals surface area (Å²) in [7, 11) is -0.528. The molecule has 178 valence electrons. The van der Waals surface area contributed by atoms with Gasteiger partial charge in [-0.15, -0.1) is 0 Å². The standard InChI is InChI=1S/C24H26N4O5S/c1-28(2)23(29)19-8-3-6-17(14-19)18-7-4-11-22(15-18)34(31,32)27-21-10-5-9-20(16-21)26-12-13-33-24(25)30/h3-11,14-16,26-27H,12-13H2,1-2H3,(H2,25,30). The Morgan fingerprint density at radius 1 is 0.912 bits per heavy atom.